The van der Waals surface area contributed by atoms with Crippen molar-refractivity contribution in [2.24, 2.45) is 5.92 Å². The molecular weight excluding hydrogens is 210 g/mol. The molecule has 0 radical (unpaired) electrons. The molecule has 1 aliphatic carbocycles. The molecule has 102 valence electrons. The predicted molar refractivity (Wildman–Crippen MR) is 74.2 cm³/mol. The lowest BCUT2D eigenvalue weighted by Gasteiger charge is -2.37. The molecule has 1 aliphatic rings. The molecule has 2 atom stereocenters. The molecule has 2 unspecified atom stereocenters. The van der Waals surface area contributed by atoms with E-state index in [-0.39, 0.29) is 0 Å². The highest BCUT2D eigenvalue weighted by molar-refractivity contribution is 4.79. The van der Waals surface area contributed by atoms with E-state index in [2.05, 4.69) is 18.7 Å². The highest BCUT2D eigenvalue weighted by atomic mass is 16.3. The lowest BCUT2D eigenvalue weighted by molar-refractivity contribution is 0.0984. The number of aliphatic hydroxyl groups is 1. The van der Waals surface area contributed by atoms with Crippen molar-refractivity contribution in [3.8, 4) is 0 Å². The molecule has 0 saturated heterocycles. The number of unbranched alkanes of at least 4 members (excludes halogenated alkanes) is 1. The van der Waals surface area contributed by atoms with Crippen LogP contribution in [-0.2, 0) is 0 Å². The summed E-state index contributed by atoms with van der Waals surface area (Å²) in [5, 5.41) is 9.24. The van der Waals surface area contributed by atoms with Gasteiger partial charge in [-0.3, -0.25) is 4.90 Å². The van der Waals surface area contributed by atoms with Gasteiger partial charge in [0.1, 0.15) is 0 Å². The maximum absolute atomic E-state index is 9.24. The van der Waals surface area contributed by atoms with Gasteiger partial charge in [-0.2, -0.15) is 0 Å². The Balaban J connectivity index is 2.53. The number of aliphatic hydroxyl groups excluding tert-OH is 1. The molecule has 1 fully saturated rings. The van der Waals surface area contributed by atoms with Crippen LogP contribution in [0.25, 0.3) is 0 Å². The van der Waals surface area contributed by atoms with E-state index in [9.17, 15) is 5.11 Å². The van der Waals surface area contributed by atoms with E-state index in [0.717, 1.165) is 12.5 Å². The highest BCUT2D eigenvalue weighted by Gasteiger charge is 2.24. The van der Waals surface area contributed by atoms with E-state index in [4.69, 9.17) is 0 Å². The zero-order valence-electron chi connectivity index (χ0n) is 11.8. The van der Waals surface area contributed by atoms with Crippen LogP contribution < -0.4 is 0 Å². The van der Waals surface area contributed by atoms with Gasteiger partial charge >= 0.3 is 0 Å². The predicted octanol–water partition coefficient (Wildman–Crippen LogP) is 3.44. The summed E-state index contributed by atoms with van der Waals surface area (Å²) in [6, 6.07) is 0.717. The maximum atomic E-state index is 9.24. The number of rotatable bonds is 6. The fourth-order valence-electron chi connectivity index (χ4n) is 3.13. The van der Waals surface area contributed by atoms with Gasteiger partial charge in [0.25, 0.3) is 0 Å². The van der Waals surface area contributed by atoms with E-state index in [1.165, 1.54) is 57.9 Å². The minimum atomic E-state index is 0.312. The molecule has 2 nitrogen and oxygen atoms in total. The monoisotopic (exact) mass is 241 g/mol. The molecule has 0 spiro atoms. The zero-order valence-corrected chi connectivity index (χ0v) is 11.8. The smallest absolute Gasteiger partial charge is 0.0558 e. The standard InChI is InChI=1S/C15H31NO/c1-3-4-11-16(12-13-17)15-10-8-6-5-7-9-14(15)2/h14-15,17H,3-13H2,1-2H3. The van der Waals surface area contributed by atoms with Crippen molar-refractivity contribution in [2.75, 3.05) is 19.7 Å². The third-order valence-corrected chi connectivity index (χ3v) is 4.22. The Kier molecular flexibility index (Phi) is 7.87. The Morgan fingerprint density at radius 1 is 1.06 bits per heavy atom. The van der Waals surface area contributed by atoms with Crippen molar-refractivity contribution in [3.63, 3.8) is 0 Å². The first-order valence-corrected chi connectivity index (χ1v) is 7.64. The van der Waals surface area contributed by atoms with E-state index >= 15 is 0 Å². The van der Waals surface area contributed by atoms with Gasteiger partial charge in [-0.1, -0.05) is 46.0 Å². The van der Waals surface area contributed by atoms with E-state index < -0.39 is 0 Å². The van der Waals surface area contributed by atoms with Gasteiger partial charge in [0.15, 0.2) is 0 Å². The number of nitrogens with zero attached hydrogens (tertiary/aromatic N) is 1. The molecular formula is C15H31NO. The minimum absolute atomic E-state index is 0.312. The Bertz CT molecular complexity index is 184. The van der Waals surface area contributed by atoms with Crippen LogP contribution in [0.15, 0.2) is 0 Å². The first-order chi connectivity index (χ1) is 8.29. The van der Waals surface area contributed by atoms with Crippen LogP contribution >= 0.6 is 0 Å². The van der Waals surface area contributed by atoms with Crippen LogP contribution in [-0.4, -0.2) is 35.7 Å². The number of hydrogen-bond acceptors (Lipinski definition) is 2. The Morgan fingerprint density at radius 2 is 1.76 bits per heavy atom. The van der Waals surface area contributed by atoms with Crippen LogP contribution in [0.3, 0.4) is 0 Å². The molecule has 0 aromatic rings. The van der Waals surface area contributed by atoms with Crippen molar-refractivity contribution in [1.82, 2.24) is 4.90 Å². The largest absolute Gasteiger partial charge is 0.395 e. The molecule has 0 amide bonds. The van der Waals surface area contributed by atoms with Crippen molar-refractivity contribution < 1.29 is 5.11 Å². The second kappa shape index (κ2) is 8.93. The van der Waals surface area contributed by atoms with E-state index in [1.54, 1.807) is 0 Å². The summed E-state index contributed by atoms with van der Waals surface area (Å²) in [5.74, 6) is 0.804. The second-order valence-electron chi connectivity index (χ2n) is 5.65. The first kappa shape index (κ1) is 15.0. The van der Waals surface area contributed by atoms with Crippen LogP contribution in [0.4, 0.5) is 0 Å². The van der Waals surface area contributed by atoms with Crippen molar-refractivity contribution in [2.45, 2.75) is 71.3 Å². The van der Waals surface area contributed by atoms with Gasteiger partial charge in [0.05, 0.1) is 6.61 Å². The molecule has 1 rings (SSSR count). The molecule has 0 aromatic heterocycles. The van der Waals surface area contributed by atoms with Gasteiger partial charge < -0.3 is 5.11 Å². The van der Waals surface area contributed by atoms with Gasteiger partial charge in [-0.15, -0.1) is 0 Å². The molecule has 0 aliphatic heterocycles. The van der Waals surface area contributed by atoms with Crippen LogP contribution in [0, 0.1) is 5.92 Å². The normalized spacial score (nSPS) is 26.8. The van der Waals surface area contributed by atoms with Crippen molar-refractivity contribution in [3.05, 3.63) is 0 Å². The van der Waals surface area contributed by atoms with E-state index in [0.29, 0.717) is 12.6 Å². The molecule has 0 heterocycles. The fourth-order valence-corrected chi connectivity index (χ4v) is 3.13. The molecule has 2 heteroatoms. The molecule has 17 heavy (non-hydrogen) atoms. The first-order valence-electron chi connectivity index (χ1n) is 7.64. The third-order valence-electron chi connectivity index (χ3n) is 4.22. The third kappa shape index (κ3) is 5.39. The maximum Gasteiger partial charge on any atom is 0.0558 e. The van der Waals surface area contributed by atoms with Crippen LogP contribution in [0.5, 0.6) is 0 Å². The van der Waals surface area contributed by atoms with Crippen molar-refractivity contribution >= 4 is 0 Å². The van der Waals surface area contributed by atoms with Crippen LogP contribution in [0.2, 0.25) is 0 Å². The number of hydrogen-bond donors (Lipinski definition) is 1. The average Bonchev–Trinajstić information content (AvgIpc) is 2.31. The Hall–Kier alpha value is -0.0800. The lowest BCUT2D eigenvalue weighted by Crippen LogP contribution is -2.42. The molecule has 0 aromatic carbocycles. The van der Waals surface area contributed by atoms with Gasteiger partial charge in [-0.25, -0.2) is 0 Å². The molecule has 0 bridgehead atoms. The summed E-state index contributed by atoms with van der Waals surface area (Å²) in [7, 11) is 0. The average molecular weight is 241 g/mol. The highest BCUT2D eigenvalue weighted by Crippen LogP contribution is 2.26. The second-order valence-corrected chi connectivity index (χ2v) is 5.65. The Labute approximate surface area is 107 Å². The van der Waals surface area contributed by atoms with Crippen LogP contribution in [0.1, 0.15) is 65.2 Å². The Morgan fingerprint density at radius 3 is 2.41 bits per heavy atom. The lowest BCUT2D eigenvalue weighted by atomic mass is 9.87. The fraction of sp³-hybridized carbons (Fsp3) is 1.00. The van der Waals surface area contributed by atoms with Gasteiger partial charge in [-0.05, 0) is 31.7 Å². The summed E-state index contributed by atoms with van der Waals surface area (Å²) in [4.78, 5) is 2.56. The topological polar surface area (TPSA) is 23.5 Å². The summed E-state index contributed by atoms with van der Waals surface area (Å²) in [6.45, 7) is 7.01. The molecule has 1 N–H and O–H groups in total. The summed E-state index contributed by atoms with van der Waals surface area (Å²) < 4.78 is 0. The van der Waals surface area contributed by atoms with E-state index in [1.807, 2.05) is 0 Å². The summed E-state index contributed by atoms with van der Waals surface area (Å²) >= 11 is 0. The van der Waals surface area contributed by atoms with Crippen molar-refractivity contribution in [1.29, 1.82) is 0 Å². The minimum Gasteiger partial charge on any atom is -0.395 e. The van der Waals surface area contributed by atoms with Gasteiger partial charge in [0.2, 0.25) is 0 Å². The van der Waals surface area contributed by atoms with Gasteiger partial charge in [0, 0.05) is 12.6 Å². The SMILES string of the molecule is CCCCN(CCO)C1CCCCCCC1C. The molecule has 1 saturated carbocycles. The summed E-state index contributed by atoms with van der Waals surface area (Å²) in [6.07, 6.45) is 10.8. The zero-order chi connectivity index (χ0) is 12.5. The quantitative estimate of drug-likeness (QED) is 0.770. The summed E-state index contributed by atoms with van der Waals surface area (Å²) in [5.41, 5.74) is 0.